The molecule has 1 saturated heterocycles. The Morgan fingerprint density at radius 3 is 1.88 bits per heavy atom. The van der Waals surface area contributed by atoms with Crippen molar-refractivity contribution < 1.29 is 9.90 Å². The van der Waals surface area contributed by atoms with Crippen LogP contribution in [0.2, 0.25) is 10.0 Å². The molecule has 126 valence electrons. The smallest absolute Gasteiger partial charge is 0.320 e. The van der Waals surface area contributed by atoms with Crippen molar-refractivity contribution >= 4 is 29.2 Å². The van der Waals surface area contributed by atoms with Crippen LogP contribution in [-0.2, 0) is 0 Å². The summed E-state index contributed by atoms with van der Waals surface area (Å²) in [6.07, 6.45) is 0. The Hall–Kier alpha value is -1.75. The van der Waals surface area contributed by atoms with E-state index in [1.807, 2.05) is 53.4 Å². The summed E-state index contributed by atoms with van der Waals surface area (Å²) in [4.78, 5) is 16.2. The minimum absolute atomic E-state index is 0.0356. The fraction of sp³-hybridized carbons (Fsp3) is 0.278. The zero-order valence-corrected chi connectivity index (χ0v) is 14.5. The lowest BCUT2D eigenvalue weighted by Crippen LogP contribution is -2.36. The van der Waals surface area contributed by atoms with Crippen molar-refractivity contribution in [2.24, 2.45) is 0 Å². The monoisotopic (exact) mass is 364 g/mol. The lowest BCUT2D eigenvalue weighted by atomic mass is 9.97. The van der Waals surface area contributed by atoms with Gasteiger partial charge in [-0.05, 0) is 35.4 Å². The van der Waals surface area contributed by atoms with Gasteiger partial charge in [0.05, 0.1) is 12.6 Å². The number of carbonyl (C=O) groups excluding carboxylic acids is 1. The normalized spacial score (nSPS) is 14.8. The summed E-state index contributed by atoms with van der Waals surface area (Å²) >= 11 is 12.0. The summed E-state index contributed by atoms with van der Waals surface area (Å²) in [5, 5.41) is 10.4. The number of hydrogen-bond donors (Lipinski definition) is 1. The largest absolute Gasteiger partial charge is 0.395 e. The Bertz CT molecular complexity index is 658. The van der Waals surface area contributed by atoms with Gasteiger partial charge >= 0.3 is 6.03 Å². The van der Waals surface area contributed by atoms with Gasteiger partial charge in [-0.15, -0.1) is 0 Å². The van der Waals surface area contributed by atoms with Crippen molar-refractivity contribution in [3.63, 3.8) is 0 Å². The number of amides is 2. The van der Waals surface area contributed by atoms with Crippen molar-refractivity contribution in [3.05, 3.63) is 69.7 Å². The van der Waals surface area contributed by atoms with Gasteiger partial charge in [0.25, 0.3) is 0 Å². The van der Waals surface area contributed by atoms with E-state index < -0.39 is 0 Å². The van der Waals surface area contributed by atoms with Crippen LogP contribution in [0.25, 0.3) is 0 Å². The van der Waals surface area contributed by atoms with E-state index in [1.54, 1.807) is 4.90 Å². The van der Waals surface area contributed by atoms with Gasteiger partial charge in [-0.25, -0.2) is 4.79 Å². The SMILES string of the molecule is O=C1N(CCO)CCN1C(c1ccc(Cl)cc1)c1ccc(Cl)cc1. The summed E-state index contributed by atoms with van der Waals surface area (Å²) in [7, 11) is 0. The van der Waals surface area contributed by atoms with Crippen molar-refractivity contribution in [1.29, 1.82) is 0 Å². The van der Waals surface area contributed by atoms with Crippen LogP contribution in [0.3, 0.4) is 0 Å². The molecule has 1 fully saturated rings. The molecule has 1 aliphatic rings. The average molecular weight is 365 g/mol. The maximum Gasteiger partial charge on any atom is 0.320 e. The number of benzene rings is 2. The molecule has 0 aliphatic carbocycles. The highest BCUT2D eigenvalue weighted by molar-refractivity contribution is 6.30. The van der Waals surface area contributed by atoms with Gasteiger partial charge in [0.2, 0.25) is 0 Å². The molecule has 0 saturated carbocycles. The quantitative estimate of drug-likeness (QED) is 0.876. The lowest BCUT2D eigenvalue weighted by molar-refractivity contribution is 0.172. The molecule has 1 aliphatic heterocycles. The molecule has 0 radical (unpaired) electrons. The van der Waals surface area contributed by atoms with Gasteiger partial charge in [-0.3, -0.25) is 0 Å². The Balaban J connectivity index is 1.98. The van der Waals surface area contributed by atoms with E-state index in [0.29, 0.717) is 29.7 Å². The van der Waals surface area contributed by atoms with Crippen LogP contribution < -0.4 is 0 Å². The summed E-state index contributed by atoms with van der Waals surface area (Å²) in [6, 6.07) is 14.8. The molecular weight excluding hydrogens is 347 g/mol. The van der Waals surface area contributed by atoms with Crippen LogP contribution in [0.1, 0.15) is 17.2 Å². The molecule has 4 nitrogen and oxygen atoms in total. The molecule has 1 heterocycles. The third kappa shape index (κ3) is 3.51. The van der Waals surface area contributed by atoms with E-state index in [9.17, 15) is 4.79 Å². The average Bonchev–Trinajstić information content (AvgIpc) is 2.93. The molecule has 2 aromatic rings. The standard InChI is InChI=1S/C18H18Cl2N2O2/c19-15-5-1-13(2-6-15)17(14-3-7-16(20)8-4-14)22-10-9-21(11-12-23)18(22)24/h1-8,17,23H,9-12H2. The van der Waals surface area contributed by atoms with Gasteiger partial charge in [-0.1, -0.05) is 47.5 Å². The van der Waals surface area contributed by atoms with E-state index in [1.165, 1.54) is 0 Å². The summed E-state index contributed by atoms with van der Waals surface area (Å²) in [5.74, 6) is 0. The molecule has 3 rings (SSSR count). The highest BCUT2D eigenvalue weighted by Gasteiger charge is 2.34. The second-order valence-corrected chi connectivity index (χ2v) is 6.57. The molecule has 0 aromatic heterocycles. The Labute approximate surface area is 151 Å². The number of rotatable bonds is 5. The van der Waals surface area contributed by atoms with Crippen LogP contribution in [0.4, 0.5) is 4.79 Å². The number of aliphatic hydroxyl groups is 1. The summed E-state index contributed by atoms with van der Waals surface area (Å²) in [5.41, 5.74) is 1.97. The van der Waals surface area contributed by atoms with Gasteiger partial charge in [0.1, 0.15) is 0 Å². The zero-order valence-electron chi connectivity index (χ0n) is 13.0. The number of hydrogen-bond acceptors (Lipinski definition) is 2. The van der Waals surface area contributed by atoms with Crippen molar-refractivity contribution in [1.82, 2.24) is 9.80 Å². The second-order valence-electron chi connectivity index (χ2n) is 5.69. The molecule has 2 aromatic carbocycles. The number of aliphatic hydroxyl groups excluding tert-OH is 1. The highest BCUT2D eigenvalue weighted by atomic mass is 35.5. The van der Waals surface area contributed by atoms with Gasteiger partial charge in [0, 0.05) is 29.7 Å². The van der Waals surface area contributed by atoms with E-state index in [0.717, 1.165) is 11.1 Å². The zero-order chi connectivity index (χ0) is 17.1. The van der Waals surface area contributed by atoms with E-state index >= 15 is 0 Å². The third-order valence-electron chi connectivity index (χ3n) is 4.18. The third-order valence-corrected chi connectivity index (χ3v) is 4.68. The second kappa shape index (κ2) is 7.43. The number of halogens is 2. The van der Waals surface area contributed by atoms with Crippen LogP contribution in [0.5, 0.6) is 0 Å². The molecule has 0 unspecified atom stereocenters. The topological polar surface area (TPSA) is 43.8 Å². The number of carbonyl (C=O) groups is 1. The van der Waals surface area contributed by atoms with Crippen LogP contribution in [0.15, 0.2) is 48.5 Å². The van der Waals surface area contributed by atoms with Crippen LogP contribution in [-0.4, -0.2) is 47.2 Å². The van der Waals surface area contributed by atoms with Gasteiger partial charge in [-0.2, -0.15) is 0 Å². The van der Waals surface area contributed by atoms with E-state index in [2.05, 4.69) is 0 Å². The minimum atomic E-state index is -0.212. The summed E-state index contributed by atoms with van der Waals surface area (Å²) in [6.45, 7) is 1.53. The molecule has 24 heavy (non-hydrogen) atoms. The molecule has 0 spiro atoms. The molecule has 6 heteroatoms. The van der Waals surface area contributed by atoms with Gasteiger partial charge in [0.15, 0.2) is 0 Å². The molecule has 0 bridgehead atoms. The minimum Gasteiger partial charge on any atom is -0.395 e. The first-order chi connectivity index (χ1) is 11.6. The van der Waals surface area contributed by atoms with E-state index in [4.69, 9.17) is 28.3 Å². The Morgan fingerprint density at radius 1 is 0.917 bits per heavy atom. The highest BCUT2D eigenvalue weighted by Crippen LogP contribution is 2.32. The van der Waals surface area contributed by atoms with Crippen LogP contribution in [0, 0.1) is 0 Å². The Kier molecular flexibility index (Phi) is 5.29. The fourth-order valence-electron chi connectivity index (χ4n) is 3.01. The predicted octanol–water partition coefficient (Wildman–Crippen LogP) is 3.81. The number of nitrogens with zero attached hydrogens (tertiary/aromatic N) is 2. The first kappa shape index (κ1) is 17.1. The Morgan fingerprint density at radius 2 is 1.42 bits per heavy atom. The maximum absolute atomic E-state index is 12.7. The van der Waals surface area contributed by atoms with Crippen molar-refractivity contribution in [3.8, 4) is 0 Å². The molecule has 2 amide bonds. The number of β-amino-alcohol motifs (C(OH)–C–C–N with tert-alkyl or cyclic N) is 1. The van der Waals surface area contributed by atoms with E-state index in [-0.39, 0.29) is 18.7 Å². The van der Waals surface area contributed by atoms with Gasteiger partial charge < -0.3 is 14.9 Å². The predicted molar refractivity (Wildman–Crippen MR) is 95.5 cm³/mol. The molecular formula is C18H18Cl2N2O2. The fourth-order valence-corrected chi connectivity index (χ4v) is 3.26. The lowest BCUT2D eigenvalue weighted by Gasteiger charge is -2.29. The van der Waals surface area contributed by atoms with Crippen molar-refractivity contribution in [2.75, 3.05) is 26.2 Å². The molecule has 0 atom stereocenters. The summed E-state index contributed by atoms with van der Waals surface area (Å²) < 4.78 is 0. The maximum atomic E-state index is 12.7. The van der Waals surface area contributed by atoms with Crippen molar-refractivity contribution in [2.45, 2.75) is 6.04 Å². The van der Waals surface area contributed by atoms with Crippen LogP contribution >= 0.6 is 23.2 Å². The first-order valence-corrected chi connectivity index (χ1v) is 8.53. The number of urea groups is 1. The first-order valence-electron chi connectivity index (χ1n) is 7.77. The molecule has 1 N–H and O–H groups in total.